The fourth-order valence-corrected chi connectivity index (χ4v) is 4.27. The van der Waals surface area contributed by atoms with Crippen molar-refractivity contribution in [3.8, 4) is 0 Å². The number of nitrogens with zero attached hydrogens (tertiary/aromatic N) is 2. The highest BCUT2D eigenvalue weighted by molar-refractivity contribution is 7.90. The van der Waals surface area contributed by atoms with Crippen molar-refractivity contribution in [1.29, 1.82) is 0 Å². The van der Waals surface area contributed by atoms with Crippen LogP contribution in [0.2, 0.25) is 0 Å². The van der Waals surface area contributed by atoms with Crippen molar-refractivity contribution in [3.63, 3.8) is 0 Å². The zero-order chi connectivity index (χ0) is 21.9. The molecule has 0 saturated carbocycles. The van der Waals surface area contributed by atoms with Crippen LogP contribution in [0.25, 0.3) is 0 Å². The Bertz CT molecular complexity index is 1090. The van der Waals surface area contributed by atoms with Gasteiger partial charge in [0.2, 0.25) is 0 Å². The van der Waals surface area contributed by atoms with Gasteiger partial charge in [-0.2, -0.15) is 0 Å². The van der Waals surface area contributed by atoms with E-state index in [1.165, 1.54) is 18.2 Å². The summed E-state index contributed by atoms with van der Waals surface area (Å²) in [4.78, 5) is 41.5. The maximum atomic E-state index is 12.2. The van der Waals surface area contributed by atoms with Gasteiger partial charge in [-0.05, 0) is 12.1 Å². The average molecular weight is 429 g/mol. The van der Waals surface area contributed by atoms with Crippen LogP contribution in [0.5, 0.6) is 0 Å². The van der Waals surface area contributed by atoms with Crippen molar-refractivity contribution < 1.29 is 27.5 Å². The summed E-state index contributed by atoms with van der Waals surface area (Å²) in [6.07, 6.45) is 2.82. The van der Waals surface area contributed by atoms with Crippen LogP contribution in [-0.2, 0) is 29.1 Å². The van der Waals surface area contributed by atoms with Crippen molar-refractivity contribution >= 4 is 33.6 Å². The molecule has 0 bridgehead atoms. The summed E-state index contributed by atoms with van der Waals surface area (Å²) in [5.74, 6) is -1.75. The van der Waals surface area contributed by atoms with E-state index in [0.29, 0.717) is 12.0 Å². The molecular formula is C20H19N3O6S. The standard InChI is InChI=1S/C20H19N3O6S/c1-3-13-14(4-2)20(26)23(19(13)25)12-17(24)29-11-7-10-21-18-15-8-5-6-9-16(15)30(27,28)22-18/h3-6,8-9H,1-2,7,10-12H2,(H,21,22). The Morgan fingerprint density at radius 2 is 1.77 bits per heavy atom. The van der Waals surface area contributed by atoms with E-state index in [4.69, 9.17) is 4.74 Å². The first-order valence-corrected chi connectivity index (χ1v) is 10.5. The van der Waals surface area contributed by atoms with Crippen LogP contribution >= 0.6 is 0 Å². The van der Waals surface area contributed by atoms with Crippen LogP contribution < -0.4 is 4.72 Å². The first-order valence-electron chi connectivity index (χ1n) is 8.97. The summed E-state index contributed by atoms with van der Waals surface area (Å²) in [6, 6.07) is 6.48. The van der Waals surface area contributed by atoms with Crippen LogP contribution in [0.15, 0.2) is 70.6 Å². The van der Waals surface area contributed by atoms with Crippen LogP contribution in [-0.4, -0.2) is 56.6 Å². The molecule has 0 unspecified atom stereocenters. The van der Waals surface area contributed by atoms with Gasteiger partial charge in [-0.1, -0.05) is 37.4 Å². The van der Waals surface area contributed by atoms with Gasteiger partial charge < -0.3 is 4.74 Å². The van der Waals surface area contributed by atoms with E-state index in [1.54, 1.807) is 18.2 Å². The number of fused-ring (bicyclic) bond motifs is 1. The number of ether oxygens (including phenoxy) is 1. The van der Waals surface area contributed by atoms with Crippen molar-refractivity contribution in [2.24, 2.45) is 4.99 Å². The minimum Gasteiger partial charge on any atom is -0.464 e. The largest absolute Gasteiger partial charge is 0.464 e. The monoisotopic (exact) mass is 429 g/mol. The third-order valence-electron chi connectivity index (χ3n) is 4.43. The molecule has 1 aromatic rings. The molecule has 0 fully saturated rings. The van der Waals surface area contributed by atoms with Gasteiger partial charge in [-0.3, -0.25) is 29.0 Å². The minimum absolute atomic E-state index is 0.00368. The van der Waals surface area contributed by atoms with Crippen molar-refractivity contribution in [1.82, 2.24) is 9.62 Å². The number of aliphatic imine (C=N–C) groups is 1. The normalized spacial score (nSPS) is 18.4. The Morgan fingerprint density at radius 3 is 2.40 bits per heavy atom. The third kappa shape index (κ3) is 3.94. The second-order valence-corrected chi connectivity index (χ2v) is 7.99. The fraction of sp³-hybridized carbons (Fsp3) is 0.200. The summed E-state index contributed by atoms with van der Waals surface area (Å²) in [5.41, 5.74) is 0.681. The van der Waals surface area contributed by atoms with Gasteiger partial charge in [0, 0.05) is 18.5 Å². The number of esters is 1. The number of amides is 2. The fourth-order valence-electron chi connectivity index (χ4n) is 3.02. The quantitative estimate of drug-likeness (QED) is 0.369. The number of benzene rings is 1. The molecule has 156 valence electrons. The minimum atomic E-state index is -3.60. The first-order chi connectivity index (χ1) is 14.3. The molecule has 30 heavy (non-hydrogen) atoms. The van der Waals surface area contributed by atoms with E-state index >= 15 is 0 Å². The summed E-state index contributed by atoms with van der Waals surface area (Å²) in [6.45, 7) is 6.67. The maximum absolute atomic E-state index is 12.2. The lowest BCUT2D eigenvalue weighted by Crippen LogP contribution is -2.37. The smallest absolute Gasteiger partial charge is 0.326 e. The highest BCUT2D eigenvalue weighted by Gasteiger charge is 2.36. The predicted molar refractivity (Wildman–Crippen MR) is 108 cm³/mol. The summed E-state index contributed by atoms with van der Waals surface area (Å²) in [5, 5.41) is 0. The van der Waals surface area contributed by atoms with E-state index in [9.17, 15) is 22.8 Å². The molecule has 9 nitrogen and oxygen atoms in total. The number of imide groups is 1. The molecule has 2 heterocycles. The zero-order valence-corrected chi connectivity index (χ0v) is 16.8. The van der Waals surface area contributed by atoms with E-state index in [0.717, 1.165) is 4.90 Å². The number of carbonyl (C=O) groups is 3. The molecule has 0 aliphatic carbocycles. The maximum Gasteiger partial charge on any atom is 0.326 e. The molecule has 0 atom stereocenters. The summed E-state index contributed by atoms with van der Waals surface area (Å²) in [7, 11) is -3.60. The lowest BCUT2D eigenvalue weighted by atomic mass is 10.1. The Labute approximate surface area is 173 Å². The molecule has 2 amide bonds. The van der Waals surface area contributed by atoms with Gasteiger partial charge >= 0.3 is 5.97 Å². The number of sulfonamides is 1. The van der Waals surface area contributed by atoms with Crippen LogP contribution in [0.1, 0.15) is 12.0 Å². The number of hydrogen-bond donors (Lipinski definition) is 1. The number of nitrogens with one attached hydrogen (secondary N) is 1. The molecule has 0 saturated heterocycles. The van der Waals surface area contributed by atoms with Gasteiger partial charge in [-0.15, -0.1) is 0 Å². The molecule has 2 aliphatic rings. The number of hydrogen-bond acceptors (Lipinski definition) is 7. The molecule has 0 aromatic heterocycles. The lowest BCUT2D eigenvalue weighted by molar-refractivity contribution is -0.151. The molecule has 1 aromatic carbocycles. The van der Waals surface area contributed by atoms with Crippen molar-refractivity contribution in [3.05, 3.63) is 66.3 Å². The van der Waals surface area contributed by atoms with Crippen LogP contribution in [0, 0.1) is 0 Å². The van der Waals surface area contributed by atoms with Gasteiger partial charge in [0.25, 0.3) is 21.8 Å². The van der Waals surface area contributed by atoms with Crippen LogP contribution in [0.4, 0.5) is 0 Å². The Balaban J connectivity index is 1.49. The zero-order valence-electron chi connectivity index (χ0n) is 16.0. The van der Waals surface area contributed by atoms with Gasteiger partial charge in [0.1, 0.15) is 12.4 Å². The first kappa shape index (κ1) is 21.2. The summed E-state index contributed by atoms with van der Waals surface area (Å²) >= 11 is 0. The highest BCUT2D eigenvalue weighted by Crippen LogP contribution is 2.23. The third-order valence-corrected chi connectivity index (χ3v) is 5.83. The SMILES string of the molecule is C=CC1=C(C=C)C(=O)N(CC(=O)OCCCN=C2NS(=O)(=O)c3ccccc32)C1=O. The predicted octanol–water partition coefficient (Wildman–Crippen LogP) is 0.696. The molecular weight excluding hydrogens is 410 g/mol. The number of rotatable bonds is 8. The second-order valence-electron chi connectivity index (χ2n) is 6.34. The van der Waals surface area contributed by atoms with Gasteiger partial charge in [0.15, 0.2) is 0 Å². The summed E-state index contributed by atoms with van der Waals surface area (Å²) < 4.78 is 31.5. The van der Waals surface area contributed by atoms with Crippen LogP contribution in [0.3, 0.4) is 0 Å². The molecule has 3 rings (SSSR count). The van der Waals surface area contributed by atoms with E-state index in [-0.39, 0.29) is 35.0 Å². The average Bonchev–Trinajstić information content (AvgIpc) is 3.12. The Hall–Kier alpha value is -3.53. The topological polar surface area (TPSA) is 122 Å². The van der Waals surface area contributed by atoms with Gasteiger partial charge in [0.05, 0.1) is 22.6 Å². The molecule has 10 heteroatoms. The number of amidine groups is 1. The second kappa shape index (κ2) is 8.46. The molecule has 0 spiro atoms. The Morgan fingerprint density at radius 1 is 1.13 bits per heavy atom. The molecule has 1 N–H and O–H groups in total. The van der Waals surface area contributed by atoms with Gasteiger partial charge in [-0.25, -0.2) is 8.42 Å². The Kier molecular flexibility index (Phi) is 5.97. The molecule has 2 aliphatic heterocycles. The van der Waals surface area contributed by atoms with E-state index < -0.39 is 34.4 Å². The van der Waals surface area contributed by atoms with Crippen molar-refractivity contribution in [2.75, 3.05) is 19.7 Å². The lowest BCUT2D eigenvalue weighted by Gasteiger charge is -2.13. The van der Waals surface area contributed by atoms with Crippen molar-refractivity contribution in [2.45, 2.75) is 11.3 Å². The van der Waals surface area contributed by atoms with E-state index in [1.807, 2.05) is 0 Å². The number of carbonyl (C=O) groups excluding carboxylic acids is 3. The molecule has 0 radical (unpaired) electrons. The van der Waals surface area contributed by atoms with E-state index in [2.05, 4.69) is 22.9 Å². The highest BCUT2D eigenvalue weighted by atomic mass is 32.2.